The summed E-state index contributed by atoms with van der Waals surface area (Å²) in [6.45, 7) is 5.03. The van der Waals surface area contributed by atoms with E-state index in [1.165, 1.54) is 19.3 Å². The number of hydrogen-bond donors (Lipinski definition) is 0. The summed E-state index contributed by atoms with van der Waals surface area (Å²) in [6.07, 6.45) is 7.71. The molecule has 108 valence electrons. The van der Waals surface area contributed by atoms with Crippen molar-refractivity contribution in [1.29, 1.82) is 0 Å². The summed E-state index contributed by atoms with van der Waals surface area (Å²) < 4.78 is 0. The zero-order chi connectivity index (χ0) is 13.9. The summed E-state index contributed by atoms with van der Waals surface area (Å²) in [4.78, 5) is 21.5. The predicted octanol–water partition coefficient (Wildman–Crippen LogP) is 2.70. The number of aromatic nitrogens is 1. The summed E-state index contributed by atoms with van der Waals surface area (Å²) in [6, 6.07) is 4.29. The molecule has 0 bridgehead atoms. The molecule has 0 aromatic carbocycles. The molecule has 0 unspecified atom stereocenters. The van der Waals surface area contributed by atoms with Gasteiger partial charge in [-0.05, 0) is 51.2 Å². The van der Waals surface area contributed by atoms with E-state index in [0.717, 1.165) is 43.9 Å². The largest absolute Gasteiger partial charge is 0.353 e. The lowest BCUT2D eigenvalue weighted by Crippen LogP contribution is -2.40. The van der Waals surface area contributed by atoms with Crippen LogP contribution in [0.2, 0.25) is 0 Å². The van der Waals surface area contributed by atoms with E-state index in [2.05, 4.69) is 16.8 Å². The maximum absolute atomic E-state index is 12.7. The minimum absolute atomic E-state index is 0.156. The number of rotatable bonds is 2. The van der Waals surface area contributed by atoms with E-state index in [0.29, 0.717) is 6.04 Å². The molecule has 3 heterocycles. The Hall–Kier alpha value is -1.58. The molecule has 4 heteroatoms. The van der Waals surface area contributed by atoms with Gasteiger partial charge in [-0.2, -0.15) is 0 Å². The Labute approximate surface area is 120 Å². The highest BCUT2D eigenvalue weighted by Crippen LogP contribution is 2.27. The average Bonchev–Trinajstić information content (AvgIpc) is 3.01. The molecular formula is C16H23N3O. The number of carbonyl (C=O) groups excluding carboxylic acids is 1. The standard InChI is InChI=1S/C16H23N3O/c1-13-7-2-3-12-19(13)15-14(8-6-9-17-15)16(20)18-10-4-5-11-18/h6,8-9,13H,2-5,7,10-12H2,1H3/t13-/m1/s1. The topological polar surface area (TPSA) is 36.4 Å². The van der Waals surface area contributed by atoms with Gasteiger partial charge in [-0.1, -0.05) is 0 Å². The molecule has 0 spiro atoms. The summed E-state index contributed by atoms with van der Waals surface area (Å²) in [5, 5.41) is 0. The van der Waals surface area contributed by atoms with Gasteiger partial charge in [0, 0.05) is 31.9 Å². The van der Waals surface area contributed by atoms with Crippen molar-refractivity contribution in [2.75, 3.05) is 24.5 Å². The number of likely N-dealkylation sites (tertiary alicyclic amines) is 1. The van der Waals surface area contributed by atoms with Crippen LogP contribution in [0.4, 0.5) is 5.82 Å². The van der Waals surface area contributed by atoms with E-state index in [-0.39, 0.29) is 5.91 Å². The highest BCUT2D eigenvalue weighted by atomic mass is 16.2. The number of carbonyl (C=O) groups is 1. The van der Waals surface area contributed by atoms with Crippen molar-refractivity contribution in [2.45, 2.75) is 45.1 Å². The van der Waals surface area contributed by atoms with Crippen molar-refractivity contribution in [1.82, 2.24) is 9.88 Å². The fourth-order valence-electron chi connectivity index (χ4n) is 3.30. The van der Waals surface area contributed by atoms with Gasteiger partial charge in [-0.25, -0.2) is 4.98 Å². The van der Waals surface area contributed by atoms with Gasteiger partial charge in [0.05, 0.1) is 5.56 Å². The lowest BCUT2D eigenvalue weighted by atomic mass is 10.0. The Kier molecular flexibility index (Phi) is 3.90. The van der Waals surface area contributed by atoms with Crippen molar-refractivity contribution < 1.29 is 4.79 Å². The molecule has 2 aliphatic heterocycles. The number of hydrogen-bond acceptors (Lipinski definition) is 3. The number of amides is 1. The Morgan fingerprint density at radius 3 is 2.70 bits per heavy atom. The lowest BCUT2D eigenvalue weighted by molar-refractivity contribution is 0.0793. The third kappa shape index (κ3) is 2.51. The molecule has 0 saturated carbocycles. The van der Waals surface area contributed by atoms with Crippen molar-refractivity contribution in [3.8, 4) is 0 Å². The maximum Gasteiger partial charge on any atom is 0.257 e. The molecule has 20 heavy (non-hydrogen) atoms. The molecule has 2 fully saturated rings. The summed E-state index contributed by atoms with van der Waals surface area (Å²) in [5.41, 5.74) is 0.781. The molecular weight excluding hydrogens is 250 g/mol. The second-order valence-electron chi connectivity index (χ2n) is 5.91. The van der Waals surface area contributed by atoms with Crippen LogP contribution in [-0.2, 0) is 0 Å². The molecule has 0 N–H and O–H groups in total. The Balaban J connectivity index is 1.89. The first-order valence-electron chi connectivity index (χ1n) is 7.78. The number of piperidine rings is 1. The summed E-state index contributed by atoms with van der Waals surface area (Å²) >= 11 is 0. The Morgan fingerprint density at radius 1 is 1.20 bits per heavy atom. The van der Waals surface area contributed by atoms with E-state index >= 15 is 0 Å². The molecule has 1 aromatic rings. The van der Waals surface area contributed by atoms with Crippen LogP contribution in [0, 0.1) is 0 Å². The third-order valence-corrected chi connectivity index (χ3v) is 4.49. The molecule has 2 aliphatic rings. The first-order chi connectivity index (χ1) is 9.77. The molecule has 1 aromatic heterocycles. The molecule has 4 nitrogen and oxygen atoms in total. The minimum Gasteiger partial charge on any atom is -0.353 e. The highest BCUT2D eigenvalue weighted by molar-refractivity contribution is 5.99. The van der Waals surface area contributed by atoms with Gasteiger partial charge >= 0.3 is 0 Å². The van der Waals surface area contributed by atoms with E-state index in [1.807, 2.05) is 17.0 Å². The molecule has 2 saturated heterocycles. The van der Waals surface area contributed by atoms with Gasteiger partial charge in [0.2, 0.25) is 0 Å². The zero-order valence-electron chi connectivity index (χ0n) is 12.2. The minimum atomic E-state index is 0.156. The van der Waals surface area contributed by atoms with Crippen LogP contribution < -0.4 is 4.90 Å². The number of anilines is 1. The molecule has 0 radical (unpaired) electrons. The average molecular weight is 273 g/mol. The van der Waals surface area contributed by atoms with Crippen molar-refractivity contribution in [3.05, 3.63) is 23.9 Å². The van der Waals surface area contributed by atoms with Gasteiger partial charge in [0.1, 0.15) is 5.82 Å². The van der Waals surface area contributed by atoms with Gasteiger partial charge < -0.3 is 9.80 Å². The highest BCUT2D eigenvalue weighted by Gasteiger charge is 2.27. The van der Waals surface area contributed by atoms with Crippen molar-refractivity contribution in [2.24, 2.45) is 0 Å². The van der Waals surface area contributed by atoms with Crippen LogP contribution in [0.25, 0.3) is 0 Å². The van der Waals surface area contributed by atoms with Crippen LogP contribution in [0.15, 0.2) is 18.3 Å². The van der Waals surface area contributed by atoms with Crippen molar-refractivity contribution in [3.63, 3.8) is 0 Å². The lowest BCUT2D eigenvalue weighted by Gasteiger charge is -2.35. The second-order valence-corrected chi connectivity index (χ2v) is 5.91. The van der Waals surface area contributed by atoms with E-state index in [4.69, 9.17) is 0 Å². The quantitative estimate of drug-likeness (QED) is 0.831. The first kappa shape index (κ1) is 13.4. The van der Waals surface area contributed by atoms with Crippen LogP contribution in [-0.4, -0.2) is 41.5 Å². The number of nitrogens with zero attached hydrogens (tertiary/aromatic N) is 3. The smallest absolute Gasteiger partial charge is 0.257 e. The second kappa shape index (κ2) is 5.81. The third-order valence-electron chi connectivity index (χ3n) is 4.49. The molecule has 1 atom stereocenters. The van der Waals surface area contributed by atoms with Crippen LogP contribution >= 0.6 is 0 Å². The molecule has 0 aliphatic carbocycles. The first-order valence-corrected chi connectivity index (χ1v) is 7.78. The molecule has 3 rings (SSSR count). The monoisotopic (exact) mass is 273 g/mol. The van der Waals surface area contributed by atoms with Crippen molar-refractivity contribution >= 4 is 11.7 Å². The summed E-state index contributed by atoms with van der Waals surface area (Å²) in [5.74, 6) is 1.04. The Bertz CT molecular complexity index is 482. The molecule has 1 amide bonds. The van der Waals surface area contributed by atoms with Crippen LogP contribution in [0.1, 0.15) is 49.4 Å². The van der Waals surface area contributed by atoms with Gasteiger partial charge in [-0.15, -0.1) is 0 Å². The van der Waals surface area contributed by atoms with E-state index in [1.54, 1.807) is 6.20 Å². The van der Waals surface area contributed by atoms with E-state index in [9.17, 15) is 4.79 Å². The normalized spacial score (nSPS) is 23.1. The van der Waals surface area contributed by atoms with Crippen LogP contribution in [0.3, 0.4) is 0 Å². The Morgan fingerprint density at radius 2 is 1.95 bits per heavy atom. The predicted molar refractivity (Wildman–Crippen MR) is 80.0 cm³/mol. The maximum atomic E-state index is 12.7. The zero-order valence-corrected chi connectivity index (χ0v) is 12.2. The summed E-state index contributed by atoms with van der Waals surface area (Å²) in [7, 11) is 0. The fraction of sp³-hybridized carbons (Fsp3) is 0.625. The van der Waals surface area contributed by atoms with Gasteiger partial charge in [-0.3, -0.25) is 4.79 Å². The van der Waals surface area contributed by atoms with Gasteiger partial charge in [0.25, 0.3) is 5.91 Å². The van der Waals surface area contributed by atoms with E-state index < -0.39 is 0 Å². The SMILES string of the molecule is C[C@@H]1CCCCN1c1ncccc1C(=O)N1CCCC1. The number of pyridine rings is 1. The van der Waals surface area contributed by atoms with Gasteiger partial charge in [0.15, 0.2) is 0 Å². The van der Waals surface area contributed by atoms with Crippen LogP contribution in [0.5, 0.6) is 0 Å². The fourth-order valence-corrected chi connectivity index (χ4v) is 3.30.